The van der Waals surface area contributed by atoms with Crippen molar-refractivity contribution in [2.24, 2.45) is 0 Å². The van der Waals surface area contributed by atoms with Crippen molar-refractivity contribution < 1.29 is 19.1 Å². The number of anilines is 2. The van der Waals surface area contributed by atoms with Gasteiger partial charge in [-0.15, -0.1) is 0 Å². The lowest BCUT2D eigenvalue weighted by Crippen LogP contribution is -2.35. The SMILES string of the molecule is Cc1cccc(C)c1NC(=O)CNC(=O)COC(=O)c1ccc(Cl)cc1N. The first-order chi connectivity index (χ1) is 12.8. The van der Waals surface area contributed by atoms with Gasteiger partial charge in [0.1, 0.15) is 0 Å². The molecule has 0 atom stereocenters. The van der Waals surface area contributed by atoms with Gasteiger partial charge >= 0.3 is 5.97 Å². The predicted octanol–water partition coefficient (Wildman–Crippen LogP) is 2.45. The van der Waals surface area contributed by atoms with Gasteiger partial charge < -0.3 is 21.1 Å². The first-order valence-electron chi connectivity index (χ1n) is 8.13. The molecule has 0 radical (unpaired) electrons. The van der Waals surface area contributed by atoms with Gasteiger partial charge in [-0.3, -0.25) is 9.59 Å². The van der Waals surface area contributed by atoms with Crippen molar-refractivity contribution in [3.8, 4) is 0 Å². The maximum absolute atomic E-state index is 12.0. The average molecular weight is 390 g/mol. The van der Waals surface area contributed by atoms with Crippen LogP contribution in [-0.2, 0) is 14.3 Å². The Morgan fingerprint density at radius 3 is 2.37 bits per heavy atom. The summed E-state index contributed by atoms with van der Waals surface area (Å²) < 4.78 is 4.89. The van der Waals surface area contributed by atoms with Crippen LogP contribution in [0.4, 0.5) is 11.4 Å². The smallest absolute Gasteiger partial charge is 0.340 e. The van der Waals surface area contributed by atoms with Gasteiger partial charge in [-0.25, -0.2) is 4.79 Å². The molecular formula is C19H20ClN3O4. The van der Waals surface area contributed by atoms with Crippen LogP contribution in [0.2, 0.25) is 5.02 Å². The van der Waals surface area contributed by atoms with Crippen molar-refractivity contribution in [2.45, 2.75) is 13.8 Å². The Labute approximate surface area is 161 Å². The summed E-state index contributed by atoms with van der Waals surface area (Å²) in [5, 5.41) is 5.52. The van der Waals surface area contributed by atoms with Crippen molar-refractivity contribution in [3.05, 3.63) is 58.1 Å². The Balaban J connectivity index is 1.80. The number of carbonyl (C=O) groups is 3. The van der Waals surface area contributed by atoms with Crippen LogP contribution >= 0.6 is 11.6 Å². The lowest BCUT2D eigenvalue weighted by atomic mass is 10.1. The van der Waals surface area contributed by atoms with E-state index in [0.29, 0.717) is 10.7 Å². The molecule has 0 bridgehead atoms. The molecule has 4 N–H and O–H groups in total. The number of carbonyl (C=O) groups excluding carboxylic acids is 3. The van der Waals surface area contributed by atoms with Gasteiger partial charge in [-0.05, 0) is 43.2 Å². The second-order valence-corrected chi connectivity index (χ2v) is 6.34. The normalized spacial score (nSPS) is 10.2. The summed E-state index contributed by atoms with van der Waals surface area (Å²) in [4.78, 5) is 35.7. The highest BCUT2D eigenvalue weighted by Crippen LogP contribution is 2.19. The monoisotopic (exact) mass is 389 g/mol. The van der Waals surface area contributed by atoms with Crippen LogP contribution in [0.15, 0.2) is 36.4 Å². The summed E-state index contributed by atoms with van der Waals surface area (Å²) in [5.41, 5.74) is 8.50. The fourth-order valence-corrected chi connectivity index (χ4v) is 2.53. The van der Waals surface area contributed by atoms with E-state index in [1.165, 1.54) is 18.2 Å². The lowest BCUT2D eigenvalue weighted by molar-refractivity contribution is -0.126. The zero-order valence-corrected chi connectivity index (χ0v) is 15.7. The highest BCUT2D eigenvalue weighted by Gasteiger charge is 2.14. The summed E-state index contributed by atoms with van der Waals surface area (Å²) in [6.45, 7) is 2.98. The summed E-state index contributed by atoms with van der Waals surface area (Å²) >= 11 is 5.76. The van der Waals surface area contributed by atoms with E-state index in [0.717, 1.165) is 11.1 Å². The number of aryl methyl sites for hydroxylation is 2. The van der Waals surface area contributed by atoms with Gasteiger partial charge in [-0.1, -0.05) is 29.8 Å². The number of rotatable bonds is 6. The van der Waals surface area contributed by atoms with Crippen LogP contribution in [0.3, 0.4) is 0 Å². The molecule has 7 nitrogen and oxygen atoms in total. The number of nitrogens with one attached hydrogen (secondary N) is 2. The number of ether oxygens (including phenoxy) is 1. The van der Waals surface area contributed by atoms with E-state index in [1.54, 1.807) is 0 Å². The van der Waals surface area contributed by atoms with E-state index < -0.39 is 18.5 Å². The summed E-state index contributed by atoms with van der Waals surface area (Å²) in [6, 6.07) is 9.97. The molecule has 2 amide bonds. The molecule has 27 heavy (non-hydrogen) atoms. The van der Waals surface area contributed by atoms with Crippen LogP contribution in [0.1, 0.15) is 21.5 Å². The van der Waals surface area contributed by atoms with Crippen LogP contribution in [-0.4, -0.2) is 30.9 Å². The minimum Gasteiger partial charge on any atom is -0.452 e. The lowest BCUT2D eigenvalue weighted by Gasteiger charge is -2.12. The Morgan fingerprint density at radius 2 is 1.74 bits per heavy atom. The molecule has 0 saturated heterocycles. The molecule has 0 aliphatic rings. The van der Waals surface area contributed by atoms with Gasteiger partial charge in [0.2, 0.25) is 5.91 Å². The molecule has 0 saturated carbocycles. The van der Waals surface area contributed by atoms with Crippen LogP contribution in [0, 0.1) is 13.8 Å². The fourth-order valence-electron chi connectivity index (χ4n) is 2.35. The maximum Gasteiger partial charge on any atom is 0.340 e. The molecule has 8 heteroatoms. The molecular weight excluding hydrogens is 370 g/mol. The highest BCUT2D eigenvalue weighted by molar-refractivity contribution is 6.31. The van der Waals surface area contributed by atoms with E-state index >= 15 is 0 Å². The van der Waals surface area contributed by atoms with E-state index in [4.69, 9.17) is 22.1 Å². The van der Waals surface area contributed by atoms with Crippen molar-refractivity contribution >= 4 is 40.8 Å². The molecule has 0 spiro atoms. The Bertz CT molecular complexity index is 863. The number of hydrogen-bond donors (Lipinski definition) is 3. The van der Waals surface area contributed by atoms with Crippen molar-refractivity contribution in [2.75, 3.05) is 24.2 Å². The van der Waals surface area contributed by atoms with Crippen LogP contribution in [0.25, 0.3) is 0 Å². The average Bonchev–Trinajstić information content (AvgIpc) is 2.61. The number of amides is 2. The Morgan fingerprint density at radius 1 is 1.07 bits per heavy atom. The molecule has 0 aliphatic carbocycles. The standard InChI is InChI=1S/C19H20ClN3O4/c1-11-4-3-5-12(2)18(11)23-16(24)9-22-17(25)10-27-19(26)14-7-6-13(20)8-15(14)21/h3-8H,9-10,21H2,1-2H3,(H,22,25)(H,23,24). The number of esters is 1. The third kappa shape index (κ3) is 5.72. The molecule has 0 fully saturated rings. The predicted molar refractivity (Wildman–Crippen MR) is 104 cm³/mol. The molecule has 0 aromatic heterocycles. The largest absolute Gasteiger partial charge is 0.452 e. The number of para-hydroxylation sites is 1. The molecule has 2 aromatic carbocycles. The van der Waals surface area contributed by atoms with Gasteiger partial charge in [0.05, 0.1) is 12.1 Å². The number of benzene rings is 2. The van der Waals surface area contributed by atoms with Gasteiger partial charge in [0, 0.05) is 16.4 Å². The van der Waals surface area contributed by atoms with Crippen LogP contribution < -0.4 is 16.4 Å². The third-order valence-electron chi connectivity index (χ3n) is 3.76. The molecule has 0 heterocycles. The highest BCUT2D eigenvalue weighted by atomic mass is 35.5. The number of nitrogens with two attached hydrogens (primary N) is 1. The molecule has 2 rings (SSSR count). The van der Waals surface area contributed by atoms with Crippen molar-refractivity contribution in [1.29, 1.82) is 0 Å². The zero-order valence-electron chi connectivity index (χ0n) is 15.0. The Hall–Kier alpha value is -3.06. The number of nitrogen functional groups attached to an aromatic ring is 1. The second-order valence-electron chi connectivity index (χ2n) is 5.90. The van der Waals surface area contributed by atoms with Crippen LogP contribution in [0.5, 0.6) is 0 Å². The summed E-state index contributed by atoms with van der Waals surface area (Å²) in [5.74, 6) is -1.74. The van der Waals surface area contributed by atoms with E-state index in [-0.39, 0.29) is 23.7 Å². The zero-order chi connectivity index (χ0) is 20.0. The van der Waals surface area contributed by atoms with E-state index in [1.807, 2.05) is 32.0 Å². The first-order valence-corrected chi connectivity index (χ1v) is 8.50. The van der Waals surface area contributed by atoms with Crippen molar-refractivity contribution in [3.63, 3.8) is 0 Å². The first kappa shape index (κ1) is 20.3. The maximum atomic E-state index is 12.0. The molecule has 2 aromatic rings. The molecule has 0 unspecified atom stereocenters. The second kappa shape index (κ2) is 9.05. The fraction of sp³-hybridized carbons (Fsp3) is 0.211. The summed E-state index contributed by atoms with van der Waals surface area (Å²) in [7, 11) is 0. The van der Waals surface area contributed by atoms with Crippen molar-refractivity contribution in [1.82, 2.24) is 5.32 Å². The van der Waals surface area contributed by atoms with Gasteiger partial charge in [0.15, 0.2) is 6.61 Å². The molecule has 142 valence electrons. The Kier molecular flexibility index (Phi) is 6.79. The quantitative estimate of drug-likeness (QED) is 0.519. The minimum absolute atomic E-state index is 0.111. The summed E-state index contributed by atoms with van der Waals surface area (Å²) in [6.07, 6.45) is 0. The third-order valence-corrected chi connectivity index (χ3v) is 3.99. The number of halogens is 1. The van der Waals surface area contributed by atoms with Gasteiger partial charge in [-0.2, -0.15) is 0 Å². The minimum atomic E-state index is -0.751. The topological polar surface area (TPSA) is 111 Å². The van der Waals surface area contributed by atoms with Gasteiger partial charge in [0.25, 0.3) is 5.91 Å². The number of hydrogen-bond acceptors (Lipinski definition) is 5. The van der Waals surface area contributed by atoms with E-state index in [9.17, 15) is 14.4 Å². The van der Waals surface area contributed by atoms with E-state index in [2.05, 4.69) is 10.6 Å². The molecule has 0 aliphatic heterocycles.